The maximum Gasteiger partial charge on any atom is 0.172 e. The van der Waals surface area contributed by atoms with Crippen molar-refractivity contribution in [1.82, 2.24) is 14.6 Å². The summed E-state index contributed by atoms with van der Waals surface area (Å²) < 4.78 is 7.50. The molecule has 0 amide bonds. The van der Waals surface area contributed by atoms with Crippen LogP contribution in [-0.4, -0.2) is 20.2 Å². The van der Waals surface area contributed by atoms with E-state index in [1.54, 1.807) is 4.52 Å². The van der Waals surface area contributed by atoms with Gasteiger partial charge < -0.3 is 4.74 Å². The van der Waals surface area contributed by atoms with Gasteiger partial charge >= 0.3 is 0 Å². The van der Waals surface area contributed by atoms with Gasteiger partial charge in [-0.25, -0.2) is 9.50 Å². The quantitative estimate of drug-likeness (QED) is 0.693. The van der Waals surface area contributed by atoms with Crippen molar-refractivity contribution in [3.63, 3.8) is 0 Å². The summed E-state index contributed by atoms with van der Waals surface area (Å²) in [6.07, 6.45) is 2.57. The highest BCUT2D eigenvalue weighted by atomic mass is 16.5. The molecule has 0 fully saturated rings. The average Bonchev–Trinajstić information content (AvgIpc) is 2.90. The lowest BCUT2D eigenvalue weighted by molar-refractivity contribution is -0.0437. The van der Waals surface area contributed by atoms with E-state index in [-0.39, 0.29) is 5.60 Å². The van der Waals surface area contributed by atoms with E-state index in [4.69, 9.17) is 9.72 Å². The second-order valence-corrected chi connectivity index (χ2v) is 6.39. The Labute approximate surface area is 134 Å². The van der Waals surface area contributed by atoms with Crippen molar-refractivity contribution < 1.29 is 4.74 Å². The fourth-order valence-corrected chi connectivity index (χ4v) is 2.97. The number of rotatable bonds is 1. The first-order valence-electron chi connectivity index (χ1n) is 7.58. The first-order valence-corrected chi connectivity index (χ1v) is 7.58. The number of hydrogen-bond acceptors (Lipinski definition) is 4. The van der Waals surface area contributed by atoms with E-state index in [2.05, 4.69) is 11.2 Å². The van der Waals surface area contributed by atoms with Crippen molar-refractivity contribution in [1.29, 1.82) is 5.26 Å². The third kappa shape index (κ3) is 2.28. The van der Waals surface area contributed by atoms with Crippen LogP contribution in [0.2, 0.25) is 0 Å². The molecule has 1 aliphatic heterocycles. The molecule has 0 radical (unpaired) electrons. The SMILES string of the molecule is CC1(C)Cc2nc3c(C#N)c(-c4ccccc4)cn3nc2CO1. The van der Waals surface area contributed by atoms with Crippen LogP contribution in [0.1, 0.15) is 30.8 Å². The zero-order chi connectivity index (χ0) is 16.0. The van der Waals surface area contributed by atoms with Crippen LogP contribution in [0.15, 0.2) is 36.5 Å². The van der Waals surface area contributed by atoms with Gasteiger partial charge in [0.25, 0.3) is 0 Å². The molecule has 0 unspecified atom stereocenters. The predicted molar refractivity (Wildman–Crippen MR) is 85.7 cm³/mol. The summed E-state index contributed by atoms with van der Waals surface area (Å²) in [4.78, 5) is 4.73. The molecule has 0 N–H and O–H groups in total. The van der Waals surface area contributed by atoms with Gasteiger partial charge in [-0.2, -0.15) is 10.4 Å². The molecule has 0 bridgehead atoms. The Morgan fingerprint density at radius 3 is 2.74 bits per heavy atom. The van der Waals surface area contributed by atoms with E-state index in [0.29, 0.717) is 24.2 Å². The van der Waals surface area contributed by atoms with Gasteiger partial charge in [-0.05, 0) is 19.4 Å². The van der Waals surface area contributed by atoms with Crippen molar-refractivity contribution in [3.8, 4) is 17.2 Å². The fourth-order valence-electron chi connectivity index (χ4n) is 2.97. The Balaban J connectivity index is 1.94. The molecular weight excluding hydrogens is 288 g/mol. The molecule has 4 rings (SSSR count). The smallest absolute Gasteiger partial charge is 0.172 e. The van der Waals surface area contributed by atoms with Gasteiger partial charge in [-0.3, -0.25) is 0 Å². The fraction of sp³-hybridized carbons (Fsp3) is 0.278. The van der Waals surface area contributed by atoms with Crippen molar-refractivity contribution >= 4 is 5.65 Å². The van der Waals surface area contributed by atoms with E-state index in [1.807, 2.05) is 50.4 Å². The molecule has 0 saturated carbocycles. The van der Waals surface area contributed by atoms with E-state index in [0.717, 1.165) is 22.5 Å². The van der Waals surface area contributed by atoms with Gasteiger partial charge in [0.1, 0.15) is 17.3 Å². The first-order chi connectivity index (χ1) is 11.1. The molecule has 114 valence electrons. The molecule has 3 aromatic rings. The number of hydrogen-bond donors (Lipinski definition) is 0. The van der Waals surface area contributed by atoms with Gasteiger partial charge in [0.2, 0.25) is 0 Å². The molecule has 0 saturated heterocycles. The number of nitrogens with zero attached hydrogens (tertiary/aromatic N) is 4. The lowest BCUT2D eigenvalue weighted by Gasteiger charge is -2.30. The largest absolute Gasteiger partial charge is 0.369 e. The zero-order valence-electron chi connectivity index (χ0n) is 13.1. The van der Waals surface area contributed by atoms with Gasteiger partial charge in [0.05, 0.1) is 17.9 Å². The molecule has 0 atom stereocenters. The van der Waals surface area contributed by atoms with E-state index < -0.39 is 0 Å². The molecule has 0 aliphatic carbocycles. The van der Waals surface area contributed by atoms with Crippen LogP contribution >= 0.6 is 0 Å². The first kappa shape index (κ1) is 13.9. The molecule has 5 heteroatoms. The van der Waals surface area contributed by atoms with Gasteiger partial charge in [0.15, 0.2) is 5.65 Å². The lowest BCUT2D eigenvalue weighted by atomic mass is 9.98. The summed E-state index contributed by atoms with van der Waals surface area (Å²) in [7, 11) is 0. The number of ether oxygens (including phenoxy) is 1. The van der Waals surface area contributed by atoms with E-state index in [1.165, 1.54) is 0 Å². The van der Waals surface area contributed by atoms with Crippen LogP contribution in [0.3, 0.4) is 0 Å². The summed E-state index contributed by atoms with van der Waals surface area (Å²) in [5.41, 5.74) is 4.54. The summed E-state index contributed by atoms with van der Waals surface area (Å²) in [6.45, 7) is 4.53. The summed E-state index contributed by atoms with van der Waals surface area (Å²) in [5.74, 6) is 0. The molecule has 23 heavy (non-hydrogen) atoms. The minimum Gasteiger partial charge on any atom is -0.369 e. The topological polar surface area (TPSA) is 63.2 Å². The standard InChI is InChI=1S/C18H16N4O/c1-18(2)8-15-16(11-23-18)21-22-10-14(12-6-4-3-5-7-12)13(9-19)17(22)20-15/h3-7,10H,8,11H2,1-2H3. The maximum atomic E-state index is 9.62. The molecule has 1 aliphatic rings. The summed E-state index contributed by atoms with van der Waals surface area (Å²) in [5, 5.41) is 14.2. The Bertz CT molecular complexity index is 935. The Kier molecular flexibility index (Phi) is 2.97. The van der Waals surface area contributed by atoms with Crippen molar-refractivity contribution in [2.75, 3.05) is 0 Å². The van der Waals surface area contributed by atoms with Crippen LogP contribution in [0.25, 0.3) is 16.8 Å². The second kappa shape index (κ2) is 4.90. The van der Waals surface area contributed by atoms with Crippen LogP contribution < -0.4 is 0 Å². The number of nitriles is 1. The zero-order valence-corrected chi connectivity index (χ0v) is 13.1. The monoisotopic (exact) mass is 304 g/mol. The molecular formula is C18H16N4O. The molecule has 3 heterocycles. The van der Waals surface area contributed by atoms with E-state index >= 15 is 0 Å². The minimum absolute atomic E-state index is 0.248. The Morgan fingerprint density at radius 2 is 2.00 bits per heavy atom. The molecule has 2 aromatic heterocycles. The highest BCUT2D eigenvalue weighted by molar-refractivity contribution is 5.78. The second-order valence-electron chi connectivity index (χ2n) is 6.39. The number of benzene rings is 1. The van der Waals surface area contributed by atoms with Gasteiger partial charge in [-0.1, -0.05) is 30.3 Å². The maximum absolute atomic E-state index is 9.62. The highest BCUT2D eigenvalue weighted by Crippen LogP contribution is 2.30. The van der Waals surface area contributed by atoms with Gasteiger partial charge in [-0.15, -0.1) is 0 Å². The van der Waals surface area contributed by atoms with Crippen molar-refractivity contribution in [2.24, 2.45) is 0 Å². The molecule has 1 aromatic carbocycles. The third-order valence-electron chi connectivity index (χ3n) is 4.15. The summed E-state index contributed by atoms with van der Waals surface area (Å²) >= 11 is 0. The van der Waals surface area contributed by atoms with Crippen LogP contribution in [0, 0.1) is 11.3 Å². The normalized spacial score (nSPS) is 16.0. The van der Waals surface area contributed by atoms with Crippen molar-refractivity contribution in [2.45, 2.75) is 32.5 Å². The number of fused-ring (bicyclic) bond motifs is 2. The highest BCUT2D eigenvalue weighted by Gasteiger charge is 2.29. The van der Waals surface area contributed by atoms with E-state index in [9.17, 15) is 5.26 Å². The predicted octanol–water partition coefficient (Wildman–Crippen LogP) is 3.12. The lowest BCUT2D eigenvalue weighted by Crippen LogP contribution is -2.33. The van der Waals surface area contributed by atoms with Crippen molar-refractivity contribution in [3.05, 3.63) is 53.5 Å². The Hall–Kier alpha value is -2.71. The molecule has 0 spiro atoms. The average molecular weight is 304 g/mol. The molecule has 5 nitrogen and oxygen atoms in total. The van der Waals surface area contributed by atoms with Crippen LogP contribution in [-0.2, 0) is 17.8 Å². The minimum atomic E-state index is -0.248. The van der Waals surface area contributed by atoms with Crippen LogP contribution in [0.4, 0.5) is 0 Å². The third-order valence-corrected chi connectivity index (χ3v) is 4.15. The summed E-state index contributed by atoms with van der Waals surface area (Å²) in [6, 6.07) is 12.1. The van der Waals surface area contributed by atoms with Crippen LogP contribution in [0.5, 0.6) is 0 Å². The number of aromatic nitrogens is 3. The van der Waals surface area contributed by atoms with Gasteiger partial charge in [0, 0.05) is 18.2 Å². The Morgan fingerprint density at radius 1 is 1.22 bits per heavy atom.